The van der Waals surface area contributed by atoms with Crippen LogP contribution in [0.15, 0.2) is 18.5 Å². The summed E-state index contributed by atoms with van der Waals surface area (Å²) < 4.78 is 12.9. The highest BCUT2D eigenvalue weighted by Crippen LogP contribution is 2.10. The second-order valence-electron chi connectivity index (χ2n) is 4.34. The van der Waals surface area contributed by atoms with Gasteiger partial charge in [0.05, 0.1) is 11.8 Å². The minimum Gasteiger partial charge on any atom is -0.350 e. The van der Waals surface area contributed by atoms with E-state index in [9.17, 15) is 9.18 Å². The molecule has 18 heavy (non-hydrogen) atoms. The first-order chi connectivity index (χ1) is 8.58. The molecule has 0 fully saturated rings. The van der Waals surface area contributed by atoms with Gasteiger partial charge in [-0.15, -0.1) is 0 Å². The zero-order valence-corrected chi connectivity index (χ0v) is 10.8. The Labute approximate surface area is 107 Å². The Hall–Kier alpha value is -1.49. The smallest absolute Gasteiger partial charge is 0.253 e. The Kier molecular flexibility index (Phi) is 5.71. The highest BCUT2D eigenvalue weighted by atomic mass is 19.1. The van der Waals surface area contributed by atoms with Crippen molar-refractivity contribution in [1.82, 2.24) is 10.3 Å². The van der Waals surface area contributed by atoms with Gasteiger partial charge in [-0.3, -0.25) is 9.78 Å². The van der Waals surface area contributed by atoms with E-state index in [1.54, 1.807) is 0 Å². The third-order valence-electron chi connectivity index (χ3n) is 3.12. The molecule has 5 heteroatoms. The van der Waals surface area contributed by atoms with E-state index in [0.717, 1.165) is 25.1 Å². The number of amides is 1. The Morgan fingerprint density at radius 2 is 2.11 bits per heavy atom. The van der Waals surface area contributed by atoms with E-state index in [1.807, 2.05) is 0 Å². The van der Waals surface area contributed by atoms with E-state index in [0.29, 0.717) is 12.5 Å². The molecule has 0 saturated carbocycles. The molecule has 3 N–H and O–H groups in total. The normalized spacial score (nSPS) is 12.5. The number of nitrogens with two attached hydrogens (primary N) is 1. The van der Waals surface area contributed by atoms with Gasteiger partial charge in [-0.25, -0.2) is 4.39 Å². The highest BCUT2D eigenvalue weighted by molar-refractivity contribution is 5.93. The summed E-state index contributed by atoms with van der Waals surface area (Å²) >= 11 is 0. The van der Waals surface area contributed by atoms with Crippen LogP contribution >= 0.6 is 0 Å². The summed E-state index contributed by atoms with van der Waals surface area (Å²) in [5, 5.41) is 2.70. The van der Waals surface area contributed by atoms with Crippen LogP contribution in [0, 0.1) is 11.7 Å². The number of hydrogen-bond acceptors (Lipinski definition) is 3. The SMILES string of the molecule is CCC(CC)C(N)CNC(=O)c1cncc(F)c1. The van der Waals surface area contributed by atoms with Crippen LogP contribution in [-0.2, 0) is 0 Å². The molecule has 0 saturated heterocycles. The van der Waals surface area contributed by atoms with Crippen molar-refractivity contribution in [1.29, 1.82) is 0 Å². The van der Waals surface area contributed by atoms with Gasteiger partial charge in [0.25, 0.3) is 5.91 Å². The van der Waals surface area contributed by atoms with Crippen molar-refractivity contribution >= 4 is 5.91 Å². The third-order valence-corrected chi connectivity index (χ3v) is 3.12. The van der Waals surface area contributed by atoms with Crippen LogP contribution in [0.4, 0.5) is 4.39 Å². The standard InChI is InChI=1S/C13H20FN3O/c1-3-9(4-2)12(15)8-17-13(18)10-5-11(14)7-16-6-10/h5-7,9,12H,3-4,8,15H2,1-2H3,(H,17,18). The van der Waals surface area contributed by atoms with Gasteiger partial charge in [0, 0.05) is 18.8 Å². The predicted octanol–water partition coefficient (Wildman–Crippen LogP) is 1.71. The van der Waals surface area contributed by atoms with Gasteiger partial charge in [-0.1, -0.05) is 26.7 Å². The van der Waals surface area contributed by atoms with Gasteiger partial charge in [0.15, 0.2) is 0 Å². The first-order valence-corrected chi connectivity index (χ1v) is 6.22. The first-order valence-electron chi connectivity index (χ1n) is 6.22. The van der Waals surface area contributed by atoms with E-state index >= 15 is 0 Å². The number of rotatable bonds is 6. The summed E-state index contributed by atoms with van der Waals surface area (Å²) in [6, 6.07) is 1.08. The lowest BCUT2D eigenvalue weighted by molar-refractivity contribution is 0.0947. The lowest BCUT2D eigenvalue weighted by Crippen LogP contribution is -2.41. The van der Waals surface area contributed by atoms with Crippen LogP contribution in [-0.4, -0.2) is 23.5 Å². The van der Waals surface area contributed by atoms with E-state index in [4.69, 9.17) is 5.73 Å². The summed E-state index contributed by atoms with van der Waals surface area (Å²) in [4.78, 5) is 15.4. The molecule has 0 bridgehead atoms. The zero-order chi connectivity index (χ0) is 13.5. The van der Waals surface area contributed by atoms with Gasteiger partial charge < -0.3 is 11.1 Å². The second kappa shape index (κ2) is 7.06. The Bertz CT molecular complexity index is 394. The molecule has 0 aliphatic carbocycles. The summed E-state index contributed by atoms with van der Waals surface area (Å²) in [6.45, 7) is 4.54. The molecule has 1 atom stereocenters. The number of halogens is 1. The van der Waals surface area contributed by atoms with Gasteiger partial charge in [-0.05, 0) is 12.0 Å². The molecule has 1 heterocycles. The quantitative estimate of drug-likeness (QED) is 0.811. The Morgan fingerprint density at radius 3 is 2.67 bits per heavy atom. The summed E-state index contributed by atoms with van der Waals surface area (Å²) in [6.07, 6.45) is 4.36. The highest BCUT2D eigenvalue weighted by Gasteiger charge is 2.15. The van der Waals surface area contributed by atoms with E-state index in [1.165, 1.54) is 6.20 Å². The van der Waals surface area contributed by atoms with E-state index in [-0.39, 0.29) is 17.5 Å². The lowest BCUT2D eigenvalue weighted by atomic mass is 9.95. The summed E-state index contributed by atoms with van der Waals surface area (Å²) in [5.41, 5.74) is 6.21. The molecule has 0 aromatic carbocycles. The Balaban J connectivity index is 2.51. The van der Waals surface area contributed by atoms with E-state index in [2.05, 4.69) is 24.1 Å². The maximum absolute atomic E-state index is 12.9. The predicted molar refractivity (Wildman–Crippen MR) is 68.6 cm³/mol. The average molecular weight is 253 g/mol. The third kappa shape index (κ3) is 4.07. The van der Waals surface area contributed by atoms with Crippen LogP contribution in [0.25, 0.3) is 0 Å². The van der Waals surface area contributed by atoms with Crippen LogP contribution in [0.3, 0.4) is 0 Å². The maximum atomic E-state index is 12.9. The molecule has 0 spiro atoms. The number of carbonyl (C=O) groups is 1. The Morgan fingerprint density at radius 1 is 1.44 bits per heavy atom. The molecular weight excluding hydrogens is 233 g/mol. The van der Waals surface area contributed by atoms with Gasteiger partial charge in [-0.2, -0.15) is 0 Å². The van der Waals surface area contributed by atoms with Crippen LogP contribution in [0.1, 0.15) is 37.0 Å². The summed E-state index contributed by atoms with van der Waals surface area (Å²) in [7, 11) is 0. The molecule has 0 radical (unpaired) electrons. The molecule has 1 amide bonds. The fourth-order valence-electron chi connectivity index (χ4n) is 1.91. The van der Waals surface area contributed by atoms with Crippen molar-refractivity contribution < 1.29 is 9.18 Å². The molecule has 1 rings (SSSR count). The minimum absolute atomic E-state index is 0.0783. The molecule has 1 aromatic heterocycles. The van der Waals surface area contributed by atoms with Crippen molar-refractivity contribution in [3.63, 3.8) is 0 Å². The summed E-state index contributed by atoms with van der Waals surface area (Å²) in [5.74, 6) is -0.480. The van der Waals surface area contributed by atoms with Crippen molar-refractivity contribution in [2.24, 2.45) is 11.7 Å². The van der Waals surface area contributed by atoms with Gasteiger partial charge in [0.1, 0.15) is 5.82 Å². The van der Waals surface area contributed by atoms with Crippen molar-refractivity contribution in [2.75, 3.05) is 6.54 Å². The van der Waals surface area contributed by atoms with Crippen LogP contribution < -0.4 is 11.1 Å². The largest absolute Gasteiger partial charge is 0.350 e. The minimum atomic E-state index is -0.521. The van der Waals surface area contributed by atoms with E-state index < -0.39 is 5.82 Å². The topological polar surface area (TPSA) is 68.0 Å². The monoisotopic (exact) mass is 253 g/mol. The van der Waals surface area contributed by atoms with Crippen molar-refractivity contribution in [3.05, 3.63) is 29.8 Å². The lowest BCUT2D eigenvalue weighted by Gasteiger charge is -2.21. The molecule has 1 aromatic rings. The fourth-order valence-corrected chi connectivity index (χ4v) is 1.91. The van der Waals surface area contributed by atoms with Crippen molar-refractivity contribution in [2.45, 2.75) is 32.7 Å². The number of aromatic nitrogens is 1. The van der Waals surface area contributed by atoms with Crippen LogP contribution in [0.5, 0.6) is 0 Å². The fraction of sp³-hybridized carbons (Fsp3) is 0.538. The van der Waals surface area contributed by atoms with Crippen LogP contribution in [0.2, 0.25) is 0 Å². The number of nitrogens with zero attached hydrogens (tertiary/aromatic N) is 1. The molecule has 4 nitrogen and oxygen atoms in total. The molecule has 1 unspecified atom stereocenters. The number of carbonyl (C=O) groups excluding carboxylic acids is 1. The first kappa shape index (κ1) is 14.6. The number of nitrogens with one attached hydrogen (secondary N) is 1. The molecule has 100 valence electrons. The average Bonchev–Trinajstić information content (AvgIpc) is 2.37. The zero-order valence-electron chi connectivity index (χ0n) is 10.8. The number of hydrogen-bond donors (Lipinski definition) is 2. The molecule has 0 aliphatic rings. The van der Waals surface area contributed by atoms with Crippen molar-refractivity contribution in [3.8, 4) is 0 Å². The molecular formula is C13H20FN3O. The van der Waals surface area contributed by atoms with Gasteiger partial charge in [0.2, 0.25) is 0 Å². The van der Waals surface area contributed by atoms with Gasteiger partial charge >= 0.3 is 0 Å². The molecule has 0 aliphatic heterocycles. The maximum Gasteiger partial charge on any atom is 0.253 e. The number of pyridine rings is 1. The second-order valence-corrected chi connectivity index (χ2v) is 4.34.